The Morgan fingerprint density at radius 1 is 1.30 bits per heavy atom. The van der Waals surface area contributed by atoms with Crippen LogP contribution in [0.1, 0.15) is 25.0 Å². The first-order valence-electron chi connectivity index (χ1n) is 6.87. The van der Waals surface area contributed by atoms with Crippen molar-refractivity contribution in [1.29, 1.82) is 0 Å². The van der Waals surface area contributed by atoms with Gasteiger partial charge in [-0.3, -0.25) is 0 Å². The third-order valence-corrected chi connectivity index (χ3v) is 4.17. The summed E-state index contributed by atoms with van der Waals surface area (Å²) in [6, 6.07) is 3.93. The smallest absolute Gasteiger partial charge is 0.208 e. The number of hydrogen-bond donors (Lipinski definition) is 2. The van der Waals surface area contributed by atoms with Crippen molar-refractivity contribution in [1.82, 2.24) is 4.72 Å². The van der Waals surface area contributed by atoms with Gasteiger partial charge in [0, 0.05) is 31.0 Å². The maximum absolute atomic E-state index is 11.1. The van der Waals surface area contributed by atoms with E-state index in [0.29, 0.717) is 13.1 Å². The number of sulfonamides is 1. The molecule has 0 radical (unpaired) electrons. The van der Waals surface area contributed by atoms with E-state index in [1.807, 2.05) is 19.1 Å². The lowest BCUT2D eigenvalue weighted by molar-refractivity contribution is 0.587. The number of nitrogens with two attached hydrogens (primary N) is 1. The summed E-state index contributed by atoms with van der Waals surface area (Å²) >= 11 is 0. The molecule has 1 rings (SSSR count). The van der Waals surface area contributed by atoms with Gasteiger partial charge in [0.1, 0.15) is 0 Å². The maximum Gasteiger partial charge on any atom is 0.208 e. The highest BCUT2D eigenvalue weighted by atomic mass is 32.2. The van der Waals surface area contributed by atoms with Crippen LogP contribution in [0.3, 0.4) is 0 Å². The van der Waals surface area contributed by atoms with Crippen molar-refractivity contribution in [3.8, 4) is 0 Å². The van der Waals surface area contributed by atoms with Crippen molar-refractivity contribution in [2.45, 2.75) is 27.2 Å². The average molecular weight is 299 g/mol. The number of nitrogens with one attached hydrogen (secondary N) is 1. The number of rotatable bonds is 7. The zero-order valence-corrected chi connectivity index (χ0v) is 13.5. The third-order valence-electron chi connectivity index (χ3n) is 3.44. The molecule has 0 saturated heterocycles. The molecular weight excluding hydrogens is 274 g/mol. The predicted octanol–water partition coefficient (Wildman–Crippen LogP) is 1.52. The van der Waals surface area contributed by atoms with Crippen LogP contribution in [0, 0.1) is 6.92 Å². The Hall–Kier alpha value is -1.27. The number of nitrogen functional groups attached to an aromatic ring is 1. The third kappa shape index (κ3) is 4.38. The summed E-state index contributed by atoms with van der Waals surface area (Å²) in [5.41, 5.74) is 10.2. The molecule has 3 N–H and O–H groups in total. The van der Waals surface area contributed by atoms with Gasteiger partial charge in [-0.15, -0.1) is 0 Å². The van der Waals surface area contributed by atoms with Gasteiger partial charge in [-0.2, -0.15) is 0 Å². The van der Waals surface area contributed by atoms with Gasteiger partial charge in [-0.05, 0) is 43.5 Å². The zero-order chi connectivity index (χ0) is 15.3. The fraction of sp³-hybridized carbons (Fsp3) is 0.571. The number of anilines is 2. The lowest BCUT2D eigenvalue weighted by Gasteiger charge is -2.27. The second-order valence-corrected chi connectivity index (χ2v) is 6.71. The van der Waals surface area contributed by atoms with E-state index in [1.54, 1.807) is 0 Å². The molecule has 0 saturated carbocycles. The average Bonchev–Trinajstić information content (AvgIpc) is 2.37. The molecule has 114 valence electrons. The van der Waals surface area contributed by atoms with Crippen LogP contribution < -0.4 is 15.4 Å². The number of nitrogens with zero attached hydrogens (tertiary/aromatic N) is 1. The van der Waals surface area contributed by atoms with Crippen LogP contribution in [-0.2, 0) is 16.4 Å². The summed E-state index contributed by atoms with van der Waals surface area (Å²) in [6.45, 7) is 8.06. The molecule has 0 aliphatic rings. The number of hydrogen-bond acceptors (Lipinski definition) is 4. The lowest BCUT2D eigenvalue weighted by Crippen LogP contribution is -2.35. The van der Waals surface area contributed by atoms with Crippen molar-refractivity contribution >= 4 is 21.4 Å². The summed E-state index contributed by atoms with van der Waals surface area (Å²) < 4.78 is 24.8. The molecule has 0 aromatic heterocycles. The van der Waals surface area contributed by atoms with Crippen LogP contribution in [0.5, 0.6) is 0 Å². The first-order valence-corrected chi connectivity index (χ1v) is 8.76. The zero-order valence-electron chi connectivity index (χ0n) is 12.7. The molecule has 0 amide bonds. The number of benzene rings is 1. The molecule has 5 nitrogen and oxygen atoms in total. The summed E-state index contributed by atoms with van der Waals surface area (Å²) in [5, 5.41) is 0. The minimum Gasteiger partial charge on any atom is -0.399 e. The fourth-order valence-corrected chi connectivity index (χ4v) is 2.78. The molecule has 0 spiro atoms. The van der Waals surface area contributed by atoms with Crippen LogP contribution in [0.2, 0.25) is 0 Å². The highest BCUT2D eigenvalue weighted by Gasteiger charge is 2.13. The molecule has 0 aliphatic carbocycles. The van der Waals surface area contributed by atoms with Gasteiger partial charge < -0.3 is 10.6 Å². The molecule has 0 unspecified atom stereocenters. The summed E-state index contributed by atoms with van der Waals surface area (Å²) in [6.07, 6.45) is 2.08. The minimum atomic E-state index is -3.14. The molecule has 20 heavy (non-hydrogen) atoms. The predicted molar refractivity (Wildman–Crippen MR) is 85.7 cm³/mol. The molecule has 0 aliphatic heterocycles. The molecule has 0 fully saturated rings. The summed E-state index contributed by atoms with van der Waals surface area (Å²) in [5.74, 6) is 0. The maximum atomic E-state index is 11.1. The molecule has 0 bridgehead atoms. The van der Waals surface area contributed by atoms with Crippen LogP contribution in [0.4, 0.5) is 11.4 Å². The second-order valence-electron chi connectivity index (χ2n) is 4.88. The van der Waals surface area contributed by atoms with Gasteiger partial charge in [0.2, 0.25) is 10.0 Å². The highest BCUT2D eigenvalue weighted by Crippen LogP contribution is 2.28. The first-order chi connectivity index (χ1) is 9.30. The first kappa shape index (κ1) is 16.8. The fourth-order valence-electron chi connectivity index (χ4n) is 2.32. The summed E-state index contributed by atoms with van der Waals surface area (Å²) in [4.78, 5) is 2.17. The normalized spacial score (nSPS) is 11.6. The summed E-state index contributed by atoms with van der Waals surface area (Å²) in [7, 11) is -3.14. The van der Waals surface area contributed by atoms with Crippen molar-refractivity contribution < 1.29 is 8.42 Å². The lowest BCUT2D eigenvalue weighted by atomic mass is 10.0. The van der Waals surface area contributed by atoms with E-state index in [1.165, 1.54) is 11.8 Å². The minimum absolute atomic E-state index is 0.402. The highest BCUT2D eigenvalue weighted by molar-refractivity contribution is 7.88. The van der Waals surface area contributed by atoms with Gasteiger partial charge in [-0.1, -0.05) is 6.92 Å². The van der Waals surface area contributed by atoms with E-state index in [4.69, 9.17) is 5.73 Å². The second kappa shape index (κ2) is 6.95. The monoisotopic (exact) mass is 299 g/mol. The largest absolute Gasteiger partial charge is 0.399 e. The number of likely N-dealkylation sites (N-methyl/N-ethyl adjacent to an activating group) is 1. The van der Waals surface area contributed by atoms with Crippen LogP contribution in [0.15, 0.2) is 12.1 Å². The molecular formula is C14H25N3O2S. The van der Waals surface area contributed by atoms with E-state index in [9.17, 15) is 8.42 Å². The molecule has 1 aromatic carbocycles. The molecule has 6 heteroatoms. The van der Waals surface area contributed by atoms with Crippen molar-refractivity contribution in [3.05, 3.63) is 23.3 Å². The quantitative estimate of drug-likeness (QED) is 0.748. The Balaban J connectivity index is 2.92. The van der Waals surface area contributed by atoms with Gasteiger partial charge >= 0.3 is 0 Å². The van der Waals surface area contributed by atoms with E-state index in [-0.39, 0.29) is 0 Å². The van der Waals surface area contributed by atoms with Gasteiger partial charge in [-0.25, -0.2) is 13.1 Å². The van der Waals surface area contributed by atoms with Gasteiger partial charge in [0.15, 0.2) is 0 Å². The Labute approximate surface area is 122 Å². The van der Waals surface area contributed by atoms with Gasteiger partial charge in [0.25, 0.3) is 0 Å². The molecule has 0 atom stereocenters. The van der Waals surface area contributed by atoms with E-state index >= 15 is 0 Å². The van der Waals surface area contributed by atoms with E-state index < -0.39 is 10.0 Å². The Morgan fingerprint density at radius 3 is 2.45 bits per heavy atom. The van der Waals surface area contributed by atoms with E-state index in [0.717, 1.165) is 29.9 Å². The van der Waals surface area contributed by atoms with Crippen LogP contribution in [0.25, 0.3) is 0 Å². The van der Waals surface area contributed by atoms with Crippen LogP contribution >= 0.6 is 0 Å². The topological polar surface area (TPSA) is 75.4 Å². The standard InChI is InChI=1S/C14H25N3O2S/c1-5-12-11(3)13(15)7-8-14(12)17(6-2)10-9-16-20(4,18)19/h7-8,16H,5-6,9-10,15H2,1-4H3. The molecule has 0 heterocycles. The van der Waals surface area contributed by atoms with E-state index in [2.05, 4.69) is 23.5 Å². The van der Waals surface area contributed by atoms with Crippen LogP contribution in [-0.4, -0.2) is 34.3 Å². The Kier molecular flexibility index (Phi) is 5.83. The molecule has 1 aromatic rings. The van der Waals surface area contributed by atoms with Gasteiger partial charge in [0.05, 0.1) is 6.26 Å². The Bertz CT molecular complexity index is 556. The van der Waals surface area contributed by atoms with Crippen molar-refractivity contribution in [2.24, 2.45) is 0 Å². The SMILES string of the molecule is CCc1c(N(CC)CCNS(C)(=O)=O)ccc(N)c1C. The van der Waals surface area contributed by atoms with Crippen molar-refractivity contribution in [2.75, 3.05) is 36.5 Å². The van der Waals surface area contributed by atoms with Crippen molar-refractivity contribution in [3.63, 3.8) is 0 Å². The Morgan fingerprint density at radius 2 is 1.95 bits per heavy atom.